The molecule has 0 radical (unpaired) electrons. The molecule has 0 saturated carbocycles. The van der Waals surface area contributed by atoms with Crippen LogP contribution in [0.4, 0.5) is 5.69 Å². The molecule has 2 heterocycles. The fraction of sp³-hybridized carbons (Fsp3) is 0.625. The van der Waals surface area contributed by atoms with E-state index in [1.807, 2.05) is 0 Å². The molecule has 2 fully saturated rings. The number of ether oxygens (including phenoxy) is 1. The van der Waals surface area contributed by atoms with Gasteiger partial charge >= 0.3 is 0 Å². The summed E-state index contributed by atoms with van der Waals surface area (Å²) in [5.74, 6) is 0. The smallest absolute Gasteiger partial charge is 0.273 e. The van der Waals surface area contributed by atoms with Gasteiger partial charge in [-0.2, -0.15) is 0 Å². The molecule has 0 aliphatic carbocycles. The van der Waals surface area contributed by atoms with E-state index < -0.39 is 14.9 Å². The van der Waals surface area contributed by atoms with Gasteiger partial charge in [-0.25, -0.2) is 13.6 Å². The van der Waals surface area contributed by atoms with Gasteiger partial charge in [-0.1, -0.05) is 6.07 Å². The lowest BCUT2D eigenvalue weighted by atomic mass is 9.73. The van der Waals surface area contributed by atoms with Crippen molar-refractivity contribution in [2.45, 2.75) is 30.6 Å². The summed E-state index contributed by atoms with van der Waals surface area (Å²) in [6.07, 6.45) is 3.56. The van der Waals surface area contributed by atoms with Crippen LogP contribution in [0.25, 0.3) is 0 Å². The summed E-state index contributed by atoms with van der Waals surface area (Å²) in [5.41, 5.74) is 0.774. The Bertz CT molecular complexity index is 751. The molecule has 1 spiro atoms. The van der Waals surface area contributed by atoms with Crippen molar-refractivity contribution in [2.75, 3.05) is 32.8 Å². The van der Waals surface area contributed by atoms with Crippen LogP contribution in [-0.4, -0.2) is 51.1 Å². The second-order valence-corrected chi connectivity index (χ2v) is 8.58. The van der Waals surface area contributed by atoms with Crippen molar-refractivity contribution in [3.05, 3.63) is 33.9 Å². The third-order valence-electron chi connectivity index (χ3n) is 5.17. The Morgan fingerprint density at radius 1 is 1.28 bits per heavy atom. The van der Waals surface area contributed by atoms with Crippen molar-refractivity contribution in [2.24, 2.45) is 10.6 Å². The molecule has 0 unspecified atom stereocenters. The summed E-state index contributed by atoms with van der Waals surface area (Å²) in [6.45, 7) is 4.72. The van der Waals surface area contributed by atoms with E-state index >= 15 is 0 Å². The highest BCUT2D eigenvalue weighted by molar-refractivity contribution is 7.89. The van der Waals surface area contributed by atoms with Gasteiger partial charge in [-0.15, -0.1) is 0 Å². The number of likely N-dealkylation sites (tertiary alicyclic amines) is 1. The maximum atomic E-state index is 11.4. The van der Waals surface area contributed by atoms with Crippen LogP contribution in [-0.2, 0) is 21.2 Å². The number of sulfonamides is 1. The van der Waals surface area contributed by atoms with Crippen LogP contribution >= 0.6 is 0 Å². The minimum atomic E-state index is -3.94. The third-order valence-corrected chi connectivity index (χ3v) is 6.08. The Morgan fingerprint density at radius 3 is 2.56 bits per heavy atom. The summed E-state index contributed by atoms with van der Waals surface area (Å²) >= 11 is 0. The molecule has 3 rings (SSSR count). The van der Waals surface area contributed by atoms with Crippen LogP contribution in [0.2, 0.25) is 0 Å². The number of benzene rings is 1. The van der Waals surface area contributed by atoms with E-state index in [4.69, 9.17) is 9.88 Å². The second kappa shape index (κ2) is 6.99. The highest BCUT2D eigenvalue weighted by atomic mass is 32.2. The predicted octanol–water partition coefficient (Wildman–Crippen LogP) is 1.29. The molecule has 8 nitrogen and oxygen atoms in total. The number of rotatable bonds is 6. The zero-order valence-electron chi connectivity index (χ0n) is 14.0. The lowest BCUT2D eigenvalue weighted by Gasteiger charge is -2.52. The molecule has 2 N–H and O–H groups in total. The molecule has 2 aliphatic rings. The molecule has 1 aromatic rings. The van der Waals surface area contributed by atoms with Crippen molar-refractivity contribution in [3.63, 3.8) is 0 Å². The molecule has 0 atom stereocenters. The number of aryl methyl sites for hydroxylation is 1. The Morgan fingerprint density at radius 2 is 1.96 bits per heavy atom. The Kier molecular flexibility index (Phi) is 5.10. The largest absolute Gasteiger partial charge is 0.381 e. The first kappa shape index (κ1) is 18.2. The maximum absolute atomic E-state index is 11.4. The average Bonchev–Trinajstić information content (AvgIpc) is 2.53. The van der Waals surface area contributed by atoms with Crippen molar-refractivity contribution < 1.29 is 18.1 Å². The minimum Gasteiger partial charge on any atom is -0.381 e. The fourth-order valence-electron chi connectivity index (χ4n) is 3.78. The molecule has 2 aliphatic heterocycles. The second-order valence-electron chi connectivity index (χ2n) is 7.02. The Labute approximate surface area is 147 Å². The summed E-state index contributed by atoms with van der Waals surface area (Å²) in [6, 6.07) is 3.87. The van der Waals surface area contributed by atoms with Crippen LogP contribution in [0.5, 0.6) is 0 Å². The van der Waals surface area contributed by atoms with Gasteiger partial charge in [0.15, 0.2) is 0 Å². The van der Waals surface area contributed by atoms with E-state index in [2.05, 4.69) is 4.90 Å². The van der Waals surface area contributed by atoms with Crippen LogP contribution in [0, 0.1) is 15.5 Å². The van der Waals surface area contributed by atoms with Crippen LogP contribution < -0.4 is 5.14 Å². The topological polar surface area (TPSA) is 116 Å². The molecule has 25 heavy (non-hydrogen) atoms. The molecule has 0 bridgehead atoms. The van der Waals surface area contributed by atoms with E-state index in [1.165, 1.54) is 12.1 Å². The van der Waals surface area contributed by atoms with Gasteiger partial charge in [0.05, 0.1) is 9.82 Å². The number of nitrogens with zero attached hydrogens (tertiary/aromatic N) is 2. The predicted molar refractivity (Wildman–Crippen MR) is 91.7 cm³/mol. The van der Waals surface area contributed by atoms with E-state index in [9.17, 15) is 18.5 Å². The van der Waals surface area contributed by atoms with Crippen LogP contribution in [0.15, 0.2) is 23.1 Å². The molecule has 9 heteroatoms. The average molecular weight is 369 g/mol. The summed E-state index contributed by atoms with van der Waals surface area (Å²) in [4.78, 5) is 12.8. The van der Waals surface area contributed by atoms with E-state index in [-0.39, 0.29) is 10.6 Å². The Hall–Kier alpha value is -1.55. The summed E-state index contributed by atoms with van der Waals surface area (Å²) in [7, 11) is -3.94. The van der Waals surface area contributed by atoms with Crippen LogP contribution in [0.1, 0.15) is 24.8 Å². The first-order valence-corrected chi connectivity index (χ1v) is 9.94. The van der Waals surface area contributed by atoms with E-state index in [0.29, 0.717) is 17.4 Å². The monoisotopic (exact) mass is 369 g/mol. The van der Waals surface area contributed by atoms with Gasteiger partial charge in [0.25, 0.3) is 5.69 Å². The third kappa shape index (κ3) is 4.17. The van der Waals surface area contributed by atoms with Crippen molar-refractivity contribution in [3.8, 4) is 0 Å². The number of nitro benzene ring substituents is 1. The lowest BCUT2D eigenvalue weighted by molar-refractivity contribution is -0.385. The summed E-state index contributed by atoms with van der Waals surface area (Å²) < 4.78 is 28.1. The van der Waals surface area contributed by atoms with Gasteiger partial charge in [0, 0.05) is 43.3 Å². The number of nitro groups is 1. The first-order valence-electron chi connectivity index (χ1n) is 8.39. The molecule has 0 aromatic heterocycles. The zero-order chi connectivity index (χ0) is 18.1. The molecule has 2 saturated heterocycles. The highest BCUT2D eigenvalue weighted by Crippen LogP contribution is 2.39. The van der Waals surface area contributed by atoms with Gasteiger partial charge in [-0.3, -0.25) is 10.1 Å². The molecule has 0 amide bonds. The normalized spacial score (nSPS) is 20.4. The van der Waals surface area contributed by atoms with Gasteiger partial charge in [-0.05, 0) is 38.3 Å². The Balaban J connectivity index is 1.56. The first-order chi connectivity index (χ1) is 11.8. The fourth-order valence-corrected chi connectivity index (χ4v) is 4.31. The molecule has 1 aromatic carbocycles. The maximum Gasteiger partial charge on any atom is 0.273 e. The van der Waals surface area contributed by atoms with Gasteiger partial charge < -0.3 is 9.64 Å². The quantitative estimate of drug-likeness (QED) is 0.597. The zero-order valence-corrected chi connectivity index (χ0v) is 14.8. The van der Waals surface area contributed by atoms with Gasteiger partial charge in [0.2, 0.25) is 10.0 Å². The highest BCUT2D eigenvalue weighted by Gasteiger charge is 2.43. The summed E-state index contributed by atoms with van der Waals surface area (Å²) in [5, 5.41) is 16.3. The SMILES string of the molecule is NS(=O)(=O)c1ccc(CCCN2CC3(CCOCC3)C2)c([N+](=O)[O-])c1. The van der Waals surface area contributed by atoms with Crippen molar-refractivity contribution >= 4 is 15.7 Å². The van der Waals surface area contributed by atoms with E-state index in [0.717, 1.165) is 58.2 Å². The minimum absolute atomic E-state index is 0.184. The van der Waals surface area contributed by atoms with Crippen LogP contribution in [0.3, 0.4) is 0 Å². The molecule has 138 valence electrons. The molecular formula is C16H23N3O5S. The van der Waals surface area contributed by atoms with Gasteiger partial charge in [0.1, 0.15) is 0 Å². The number of nitrogens with two attached hydrogens (primary N) is 1. The molecular weight excluding hydrogens is 346 g/mol. The van der Waals surface area contributed by atoms with E-state index in [1.54, 1.807) is 0 Å². The lowest BCUT2D eigenvalue weighted by Crippen LogP contribution is -2.58. The van der Waals surface area contributed by atoms with Crippen molar-refractivity contribution in [1.82, 2.24) is 4.90 Å². The van der Waals surface area contributed by atoms with Crippen molar-refractivity contribution in [1.29, 1.82) is 0 Å². The number of hydrogen-bond acceptors (Lipinski definition) is 6. The number of primary sulfonamides is 1. The standard InChI is InChI=1S/C16H23N3O5S/c17-25(22,23)14-4-3-13(15(10-14)19(20)21)2-1-7-18-11-16(12-18)5-8-24-9-6-16/h3-4,10H,1-2,5-9,11-12H2,(H2,17,22,23). The number of hydrogen-bond donors (Lipinski definition) is 1.